The standard InChI is InChI=1S/C24H30N6O4/c1-5-19-18-12-8-9-13-20(18)29(23(33)34-24(2,3)4)30(19)27-15-21(31)17-11-7-6-10-16(17)14-26-28-22(25)32/h6-14,20,27H,5,15H2,1-4H3,(H3,25,28,32). The Morgan fingerprint density at radius 2 is 1.94 bits per heavy atom. The number of ether oxygens (including phenoxy) is 1. The highest BCUT2D eigenvalue weighted by Gasteiger charge is 2.42. The van der Waals surface area contributed by atoms with Crippen LogP contribution in [0, 0.1) is 0 Å². The minimum atomic E-state index is -0.803. The van der Waals surface area contributed by atoms with Crippen molar-refractivity contribution in [2.24, 2.45) is 10.8 Å². The minimum absolute atomic E-state index is 0.0929. The second-order valence-electron chi connectivity index (χ2n) is 8.66. The molecule has 2 aliphatic rings. The smallest absolute Gasteiger partial charge is 0.431 e. The number of rotatable bonds is 7. The van der Waals surface area contributed by atoms with E-state index in [1.165, 1.54) is 11.2 Å². The number of Topliss-reactive ketones (excluding diaryl/α,β-unsaturated/α-hetero) is 1. The monoisotopic (exact) mass is 466 g/mol. The van der Waals surface area contributed by atoms with Gasteiger partial charge in [-0.15, -0.1) is 0 Å². The molecule has 34 heavy (non-hydrogen) atoms. The average Bonchev–Trinajstić information content (AvgIpc) is 3.09. The normalized spacial score (nSPS) is 17.4. The van der Waals surface area contributed by atoms with Crippen molar-refractivity contribution in [1.29, 1.82) is 0 Å². The van der Waals surface area contributed by atoms with E-state index in [2.05, 4.69) is 16.0 Å². The van der Waals surface area contributed by atoms with E-state index in [9.17, 15) is 14.4 Å². The Bertz CT molecular complexity index is 1080. The highest BCUT2D eigenvalue weighted by Crippen LogP contribution is 2.34. The topological polar surface area (TPSA) is 129 Å². The van der Waals surface area contributed by atoms with Gasteiger partial charge in [0.05, 0.1) is 18.5 Å². The summed E-state index contributed by atoms with van der Waals surface area (Å²) in [6, 6.07) is 5.71. The first-order chi connectivity index (χ1) is 16.1. The molecule has 0 bridgehead atoms. The van der Waals surface area contributed by atoms with Crippen LogP contribution in [-0.4, -0.2) is 52.4 Å². The van der Waals surface area contributed by atoms with E-state index in [1.54, 1.807) is 50.2 Å². The Balaban J connectivity index is 1.83. The van der Waals surface area contributed by atoms with Crippen LogP contribution >= 0.6 is 0 Å². The van der Waals surface area contributed by atoms with E-state index in [4.69, 9.17) is 10.5 Å². The Morgan fingerprint density at radius 1 is 1.21 bits per heavy atom. The summed E-state index contributed by atoms with van der Waals surface area (Å²) in [5.41, 5.74) is 12.3. The van der Waals surface area contributed by atoms with Gasteiger partial charge in [-0.25, -0.2) is 25.6 Å². The fourth-order valence-electron chi connectivity index (χ4n) is 3.69. The third-order valence-corrected chi connectivity index (χ3v) is 5.01. The number of ketones is 1. The van der Waals surface area contributed by atoms with Crippen molar-refractivity contribution in [3.05, 3.63) is 71.0 Å². The highest BCUT2D eigenvalue weighted by molar-refractivity contribution is 6.04. The molecule has 1 aromatic carbocycles. The second-order valence-corrected chi connectivity index (χ2v) is 8.66. The van der Waals surface area contributed by atoms with Crippen LogP contribution < -0.4 is 16.6 Å². The summed E-state index contributed by atoms with van der Waals surface area (Å²) >= 11 is 0. The lowest BCUT2D eigenvalue weighted by atomic mass is 10.0. The fraction of sp³-hybridized carbons (Fsp3) is 0.333. The number of allylic oxidation sites excluding steroid dienone is 3. The maximum Gasteiger partial charge on any atom is 0.431 e. The van der Waals surface area contributed by atoms with Gasteiger partial charge in [-0.1, -0.05) is 55.5 Å². The summed E-state index contributed by atoms with van der Waals surface area (Å²) in [6.45, 7) is 7.31. The molecule has 0 saturated carbocycles. The number of carbonyl (C=O) groups excluding carboxylic acids is 3. The van der Waals surface area contributed by atoms with Gasteiger partial charge >= 0.3 is 12.1 Å². The van der Waals surface area contributed by atoms with Crippen molar-refractivity contribution in [2.75, 3.05) is 6.54 Å². The van der Waals surface area contributed by atoms with Crippen molar-refractivity contribution >= 4 is 24.1 Å². The second kappa shape index (κ2) is 10.3. The number of nitrogens with two attached hydrogens (primary N) is 1. The summed E-state index contributed by atoms with van der Waals surface area (Å²) in [7, 11) is 0. The van der Waals surface area contributed by atoms with Crippen molar-refractivity contribution in [3.8, 4) is 0 Å². The summed E-state index contributed by atoms with van der Waals surface area (Å²) in [4.78, 5) is 37.1. The van der Waals surface area contributed by atoms with Crippen LogP contribution in [-0.2, 0) is 4.74 Å². The number of fused-ring (bicyclic) bond motifs is 1. The molecular weight excluding hydrogens is 436 g/mol. The predicted octanol–water partition coefficient (Wildman–Crippen LogP) is 3.00. The molecule has 180 valence electrons. The Hall–Kier alpha value is -3.92. The van der Waals surface area contributed by atoms with E-state index in [1.807, 2.05) is 31.2 Å². The van der Waals surface area contributed by atoms with E-state index < -0.39 is 17.7 Å². The molecule has 1 aliphatic carbocycles. The Morgan fingerprint density at radius 3 is 2.62 bits per heavy atom. The summed E-state index contributed by atoms with van der Waals surface area (Å²) in [6.07, 6.45) is 9.13. The van der Waals surface area contributed by atoms with Crippen molar-refractivity contribution in [2.45, 2.75) is 45.8 Å². The predicted molar refractivity (Wildman–Crippen MR) is 128 cm³/mol. The van der Waals surface area contributed by atoms with Gasteiger partial charge < -0.3 is 10.5 Å². The molecule has 0 spiro atoms. The number of nitrogens with one attached hydrogen (secondary N) is 2. The maximum atomic E-state index is 13.1. The van der Waals surface area contributed by atoms with Gasteiger partial charge in [-0.05, 0) is 27.2 Å². The zero-order valence-electron chi connectivity index (χ0n) is 19.7. The number of primary amides is 1. The van der Waals surface area contributed by atoms with Crippen molar-refractivity contribution in [3.63, 3.8) is 0 Å². The lowest BCUT2D eigenvalue weighted by Gasteiger charge is -2.35. The molecule has 10 heteroatoms. The highest BCUT2D eigenvalue weighted by atomic mass is 16.6. The van der Waals surface area contributed by atoms with Gasteiger partial charge in [-0.2, -0.15) is 10.1 Å². The number of hydrogen-bond acceptors (Lipinski definition) is 7. The van der Waals surface area contributed by atoms with Gasteiger partial charge in [0.2, 0.25) is 0 Å². The molecule has 3 rings (SSSR count). The van der Waals surface area contributed by atoms with Gasteiger partial charge in [-0.3, -0.25) is 4.79 Å². The van der Waals surface area contributed by atoms with Gasteiger partial charge in [0, 0.05) is 16.7 Å². The third kappa shape index (κ3) is 5.70. The number of amides is 3. The zero-order valence-corrected chi connectivity index (χ0v) is 19.7. The molecule has 3 amide bonds. The van der Waals surface area contributed by atoms with Crippen LogP contribution in [0.3, 0.4) is 0 Å². The van der Waals surface area contributed by atoms with Gasteiger partial charge in [0.1, 0.15) is 11.6 Å². The Labute approximate surface area is 198 Å². The number of benzene rings is 1. The largest absolute Gasteiger partial charge is 0.442 e. The van der Waals surface area contributed by atoms with Crippen LogP contribution in [0.1, 0.15) is 50.0 Å². The molecule has 1 aromatic rings. The minimum Gasteiger partial charge on any atom is -0.442 e. The summed E-state index contributed by atoms with van der Waals surface area (Å²) in [5, 5.41) is 6.83. The first-order valence-corrected chi connectivity index (χ1v) is 11.0. The molecule has 1 unspecified atom stereocenters. The number of nitrogens with zero attached hydrogens (tertiary/aromatic N) is 3. The third-order valence-electron chi connectivity index (χ3n) is 5.01. The van der Waals surface area contributed by atoms with Crippen LogP contribution in [0.5, 0.6) is 0 Å². The molecule has 1 atom stereocenters. The van der Waals surface area contributed by atoms with Crippen LogP contribution in [0.2, 0.25) is 0 Å². The molecule has 1 aliphatic heterocycles. The number of hydrogen-bond donors (Lipinski definition) is 3. The lowest BCUT2D eigenvalue weighted by Crippen LogP contribution is -2.54. The molecule has 0 saturated heterocycles. The first kappa shape index (κ1) is 24.7. The molecule has 0 fully saturated rings. The quantitative estimate of drug-likeness (QED) is 0.322. The van der Waals surface area contributed by atoms with E-state index in [0.717, 1.165) is 11.3 Å². The van der Waals surface area contributed by atoms with Crippen molar-refractivity contribution in [1.82, 2.24) is 21.0 Å². The number of carbonyl (C=O) groups is 3. The van der Waals surface area contributed by atoms with Gasteiger partial charge in [0.25, 0.3) is 0 Å². The molecule has 0 aromatic heterocycles. The lowest BCUT2D eigenvalue weighted by molar-refractivity contribution is -0.0522. The average molecular weight is 467 g/mol. The SMILES string of the molecule is CCC1=C2C=CC=CC2N(C(=O)OC(C)(C)C)N1NCC(=O)c1ccccc1C=NNC(N)=O. The van der Waals surface area contributed by atoms with E-state index in [-0.39, 0.29) is 18.4 Å². The number of hydrazone groups is 1. The van der Waals surface area contributed by atoms with Crippen LogP contribution in [0.15, 0.2) is 64.9 Å². The summed E-state index contributed by atoms with van der Waals surface area (Å²) in [5.74, 6) is -0.230. The van der Waals surface area contributed by atoms with Crippen LogP contribution in [0.25, 0.3) is 0 Å². The molecule has 4 N–H and O–H groups in total. The Kier molecular flexibility index (Phi) is 7.52. The zero-order chi connectivity index (χ0) is 24.9. The first-order valence-electron chi connectivity index (χ1n) is 11.0. The van der Waals surface area contributed by atoms with E-state index in [0.29, 0.717) is 17.5 Å². The van der Waals surface area contributed by atoms with Crippen molar-refractivity contribution < 1.29 is 19.1 Å². The summed E-state index contributed by atoms with van der Waals surface area (Å²) < 4.78 is 5.64. The number of urea groups is 1. The van der Waals surface area contributed by atoms with Crippen LogP contribution in [0.4, 0.5) is 9.59 Å². The number of hydrazine groups is 2. The molecule has 10 nitrogen and oxygen atoms in total. The molecule has 1 heterocycles. The van der Waals surface area contributed by atoms with Gasteiger partial charge in [0.15, 0.2) is 5.78 Å². The fourth-order valence-corrected chi connectivity index (χ4v) is 3.69. The van der Waals surface area contributed by atoms with E-state index >= 15 is 0 Å². The molecular formula is C24H30N6O4. The maximum absolute atomic E-state index is 13.1. The molecule has 0 radical (unpaired) electrons.